The Balaban J connectivity index is 3.01. The van der Waals surface area contributed by atoms with Crippen molar-refractivity contribution in [1.82, 2.24) is 0 Å². The molecule has 2 unspecified atom stereocenters. The van der Waals surface area contributed by atoms with Gasteiger partial charge in [0, 0.05) is 12.3 Å². The third kappa shape index (κ3) is 1.35. The molecule has 1 rings (SSSR count). The SMILES string of the molecule is CCC1(C)COCC1(F)C(C)(F)F. The number of rotatable bonds is 2. The number of ether oxygens (including phenoxy) is 1. The number of hydrogen-bond acceptors (Lipinski definition) is 1. The Morgan fingerprint density at radius 3 is 2.23 bits per heavy atom. The van der Waals surface area contributed by atoms with Gasteiger partial charge in [0.2, 0.25) is 5.67 Å². The minimum Gasteiger partial charge on any atom is -0.377 e. The van der Waals surface area contributed by atoms with E-state index in [9.17, 15) is 13.2 Å². The second-order valence-electron chi connectivity index (χ2n) is 4.10. The highest BCUT2D eigenvalue weighted by Gasteiger charge is 2.65. The van der Waals surface area contributed by atoms with Crippen molar-refractivity contribution < 1.29 is 17.9 Å². The van der Waals surface area contributed by atoms with Crippen molar-refractivity contribution in [2.45, 2.75) is 38.8 Å². The Morgan fingerprint density at radius 1 is 1.38 bits per heavy atom. The quantitative estimate of drug-likeness (QED) is 0.659. The smallest absolute Gasteiger partial charge is 0.281 e. The molecule has 1 saturated heterocycles. The van der Waals surface area contributed by atoms with Crippen LogP contribution < -0.4 is 0 Å². The normalized spacial score (nSPS) is 41.1. The second-order valence-corrected chi connectivity index (χ2v) is 4.10. The number of halogens is 3. The summed E-state index contributed by atoms with van der Waals surface area (Å²) < 4.78 is 44.9. The average molecular weight is 196 g/mol. The molecule has 0 aliphatic carbocycles. The minimum atomic E-state index is -3.34. The number of hydrogen-bond donors (Lipinski definition) is 0. The summed E-state index contributed by atoms with van der Waals surface area (Å²) >= 11 is 0. The van der Waals surface area contributed by atoms with Gasteiger partial charge < -0.3 is 4.74 Å². The van der Waals surface area contributed by atoms with Gasteiger partial charge in [0.05, 0.1) is 13.2 Å². The van der Waals surface area contributed by atoms with Gasteiger partial charge in [-0.15, -0.1) is 0 Å². The van der Waals surface area contributed by atoms with E-state index in [2.05, 4.69) is 0 Å². The van der Waals surface area contributed by atoms with Crippen molar-refractivity contribution in [3.63, 3.8) is 0 Å². The van der Waals surface area contributed by atoms with Crippen LogP contribution in [-0.4, -0.2) is 24.8 Å². The summed E-state index contributed by atoms with van der Waals surface area (Å²) in [5.41, 5.74) is -3.58. The zero-order valence-corrected chi connectivity index (χ0v) is 8.16. The first-order valence-corrected chi connectivity index (χ1v) is 4.41. The maximum absolute atomic E-state index is 14.0. The molecule has 2 atom stereocenters. The zero-order chi connectivity index (χ0) is 10.3. The second kappa shape index (κ2) is 2.87. The highest BCUT2D eigenvalue weighted by atomic mass is 19.3. The van der Waals surface area contributed by atoms with Gasteiger partial charge in [-0.3, -0.25) is 0 Å². The first-order chi connectivity index (χ1) is 5.77. The van der Waals surface area contributed by atoms with Gasteiger partial charge in [-0.1, -0.05) is 13.8 Å². The molecule has 1 heterocycles. The van der Waals surface area contributed by atoms with Gasteiger partial charge in [-0.25, -0.2) is 13.2 Å². The predicted molar refractivity (Wildman–Crippen MR) is 43.7 cm³/mol. The molecule has 1 nitrogen and oxygen atoms in total. The topological polar surface area (TPSA) is 9.23 Å². The van der Waals surface area contributed by atoms with Crippen molar-refractivity contribution in [2.24, 2.45) is 5.41 Å². The lowest BCUT2D eigenvalue weighted by Crippen LogP contribution is -2.53. The molecule has 0 aromatic rings. The van der Waals surface area contributed by atoms with Crippen molar-refractivity contribution >= 4 is 0 Å². The van der Waals surface area contributed by atoms with Crippen molar-refractivity contribution in [3.05, 3.63) is 0 Å². The van der Waals surface area contributed by atoms with E-state index >= 15 is 0 Å². The molecular formula is C9H15F3O. The molecule has 0 radical (unpaired) electrons. The molecular weight excluding hydrogens is 181 g/mol. The lowest BCUT2D eigenvalue weighted by molar-refractivity contribution is -0.164. The Morgan fingerprint density at radius 2 is 1.92 bits per heavy atom. The van der Waals surface area contributed by atoms with Crippen molar-refractivity contribution in [3.8, 4) is 0 Å². The summed E-state index contributed by atoms with van der Waals surface area (Å²) in [5.74, 6) is -3.34. The van der Waals surface area contributed by atoms with Gasteiger partial charge >= 0.3 is 0 Å². The Hall–Kier alpha value is -0.250. The fourth-order valence-corrected chi connectivity index (χ4v) is 1.74. The van der Waals surface area contributed by atoms with E-state index in [1.807, 2.05) is 0 Å². The molecule has 4 heteroatoms. The standard InChI is InChI=1S/C9H15F3O/c1-4-7(2)5-13-6-9(7,12)8(3,10)11/h4-6H2,1-3H3. The van der Waals surface area contributed by atoms with Crippen LogP contribution in [0.15, 0.2) is 0 Å². The van der Waals surface area contributed by atoms with E-state index in [1.54, 1.807) is 6.92 Å². The third-order valence-corrected chi connectivity index (χ3v) is 3.15. The molecule has 1 fully saturated rings. The summed E-state index contributed by atoms with van der Waals surface area (Å²) in [7, 11) is 0. The monoisotopic (exact) mass is 196 g/mol. The lowest BCUT2D eigenvalue weighted by Gasteiger charge is -2.38. The highest BCUT2D eigenvalue weighted by molar-refractivity contribution is 5.06. The molecule has 1 aliphatic heterocycles. The van der Waals surface area contributed by atoms with E-state index in [1.165, 1.54) is 6.92 Å². The van der Waals surface area contributed by atoms with E-state index in [4.69, 9.17) is 4.74 Å². The van der Waals surface area contributed by atoms with Crippen LogP contribution in [0, 0.1) is 5.41 Å². The first kappa shape index (κ1) is 10.8. The summed E-state index contributed by atoms with van der Waals surface area (Å²) in [6, 6.07) is 0. The summed E-state index contributed by atoms with van der Waals surface area (Å²) in [5, 5.41) is 0. The van der Waals surface area contributed by atoms with Crippen molar-refractivity contribution in [2.75, 3.05) is 13.2 Å². The average Bonchev–Trinajstić information content (AvgIpc) is 2.29. The van der Waals surface area contributed by atoms with E-state index in [0.29, 0.717) is 13.3 Å². The van der Waals surface area contributed by atoms with Crippen LogP contribution in [-0.2, 0) is 4.74 Å². The maximum atomic E-state index is 14.0. The molecule has 0 aromatic carbocycles. The molecule has 0 N–H and O–H groups in total. The summed E-state index contributed by atoms with van der Waals surface area (Å²) in [4.78, 5) is 0. The summed E-state index contributed by atoms with van der Waals surface area (Å²) in [6.45, 7) is 3.41. The van der Waals surface area contributed by atoms with Crippen LogP contribution in [0.5, 0.6) is 0 Å². The highest BCUT2D eigenvalue weighted by Crippen LogP contribution is 2.51. The Kier molecular flexibility index (Phi) is 2.39. The molecule has 0 amide bonds. The molecule has 13 heavy (non-hydrogen) atoms. The van der Waals surface area contributed by atoms with Crippen LogP contribution in [0.3, 0.4) is 0 Å². The van der Waals surface area contributed by atoms with Crippen LogP contribution in [0.4, 0.5) is 13.2 Å². The van der Waals surface area contributed by atoms with Gasteiger partial charge in [-0.2, -0.15) is 0 Å². The maximum Gasteiger partial charge on any atom is 0.281 e. The Labute approximate surface area is 76.3 Å². The van der Waals surface area contributed by atoms with E-state index in [0.717, 1.165) is 0 Å². The molecule has 0 bridgehead atoms. The van der Waals surface area contributed by atoms with Crippen LogP contribution in [0.1, 0.15) is 27.2 Å². The molecule has 1 aliphatic rings. The third-order valence-electron chi connectivity index (χ3n) is 3.15. The predicted octanol–water partition coefficient (Wildman–Crippen LogP) is 2.80. The van der Waals surface area contributed by atoms with Gasteiger partial charge in [0.1, 0.15) is 0 Å². The minimum absolute atomic E-state index is 0.0728. The molecule has 0 spiro atoms. The fourth-order valence-electron chi connectivity index (χ4n) is 1.74. The zero-order valence-electron chi connectivity index (χ0n) is 8.16. The first-order valence-electron chi connectivity index (χ1n) is 4.41. The van der Waals surface area contributed by atoms with Gasteiger partial charge in [0.25, 0.3) is 5.92 Å². The fraction of sp³-hybridized carbons (Fsp3) is 1.00. The summed E-state index contributed by atoms with van der Waals surface area (Å²) in [6.07, 6.45) is 0.354. The van der Waals surface area contributed by atoms with Gasteiger partial charge in [0.15, 0.2) is 0 Å². The Bertz CT molecular complexity index is 202. The molecule has 78 valence electrons. The lowest BCUT2D eigenvalue weighted by atomic mass is 9.72. The number of alkyl halides is 3. The van der Waals surface area contributed by atoms with E-state index in [-0.39, 0.29) is 6.61 Å². The van der Waals surface area contributed by atoms with Crippen molar-refractivity contribution in [1.29, 1.82) is 0 Å². The van der Waals surface area contributed by atoms with Crippen LogP contribution in [0.25, 0.3) is 0 Å². The van der Waals surface area contributed by atoms with Gasteiger partial charge in [-0.05, 0) is 6.42 Å². The van der Waals surface area contributed by atoms with E-state index < -0.39 is 23.6 Å². The largest absolute Gasteiger partial charge is 0.377 e. The van der Waals surface area contributed by atoms with Crippen LogP contribution >= 0.6 is 0 Å². The van der Waals surface area contributed by atoms with Crippen LogP contribution in [0.2, 0.25) is 0 Å². The molecule has 0 saturated carbocycles. The molecule has 0 aromatic heterocycles.